The molecule has 0 radical (unpaired) electrons. The van der Waals surface area contributed by atoms with Crippen molar-refractivity contribution >= 4 is 11.4 Å². The minimum Gasteiger partial charge on any atom is -0.494 e. The van der Waals surface area contributed by atoms with Crippen LogP contribution in [0.4, 0.5) is 20.2 Å². The van der Waals surface area contributed by atoms with Gasteiger partial charge in [-0.25, -0.2) is 8.78 Å². The minimum atomic E-state index is -0.279. The maximum atomic E-state index is 14.8. The third kappa shape index (κ3) is 4.93. The number of hydrogen-bond donors (Lipinski definition) is 0. The molecule has 0 amide bonds. The Morgan fingerprint density at radius 2 is 1.66 bits per heavy atom. The van der Waals surface area contributed by atoms with Gasteiger partial charge < -0.3 is 24.0 Å². The molecule has 2 aromatic carbocycles. The first-order valence-electron chi connectivity index (χ1n) is 11.4. The highest BCUT2D eigenvalue weighted by Gasteiger charge is 2.31. The van der Waals surface area contributed by atoms with Crippen LogP contribution in [-0.2, 0) is 4.74 Å². The standard InChI is InChI=1S/C25H32F2N2O3/c1-4-31-19-5-7-21(26)24(14-19)28-11-9-18(10-12-28)32-20-6-8-23(22(27)13-20)29-15-17(2)25(16-29)30-3/h5-8,13-14,17-18,25H,4,9-12,15-16H2,1-3H3/t17?,25-/m0/s1. The van der Waals surface area contributed by atoms with Gasteiger partial charge in [-0.15, -0.1) is 0 Å². The first-order chi connectivity index (χ1) is 15.5. The van der Waals surface area contributed by atoms with Crippen LogP contribution in [0.25, 0.3) is 0 Å². The van der Waals surface area contributed by atoms with Crippen LogP contribution in [0.1, 0.15) is 26.7 Å². The lowest BCUT2D eigenvalue weighted by molar-refractivity contribution is 0.0899. The van der Waals surface area contributed by atoms with Gasteiger partial charge in [0, 0.05) is 64.2 Å². The molecule has 2 heterocycles. The number of methoxy groups -OCH3 is 1. The van der Waals surface area contributed by atoms with Crippen molar-refractivity contribution in [2.45, 2.75) is 38.9 Å². The minimum absolute atomic E-state index is 0.0284. The Hall–Kier alpha value is -2.54. The fourth-order valence-electron chi connectivity index (χ4n) is 4.66. The lowest BCUT2D eigenvalue weighted by atomic mass is 10.1. The molecule has 0 N–H and O–H groups in total. The molecule has 1 unspecified atom stereocenters. The molecule has 2 fully saturated rings. The molecule has 2 saturated heterocycles. The molecular formula is C25H32F2N2O3. The SMILES string of the molecule is CCOc1ccc(F)c(N2CCC(Oc3ccc(N4CC(C)[C@@H](OC)C4)c(F)c3)CC2)c1. The Bertz CT molecular complexity index is 918. The maximum absolute atomic E-state index is 14.8. The number of anilines is 2. The van der Waals surface area contributed by atoms with E-state index in [0.717, 1.165) is 19.4 Å². The van der Waals surface area contributed by atoms with Crippen molar-refractivity contribution in [2.75, 3.05) is 49.7 Å². The Morgan fingerprint density at radius 1 is 0.906 bits per heavy atom. The van der Waals surface area contributed by atoms with Gasteiger partial charge in [0.1, 0.15) is 29.2 Å². The summed E-state index contributed by atoms with van der Waals surface area (Å²) in [5, 5.41) is 0. The van der Waals surface area contributed by atoms with Crippen LogP contribution in [0.3, 0.4) is 0 Å². The number of halogens is 2. The van der Waals surface area contributed by atoms with Crippen LogP contribution in [0, 0.1) is 17.6 Å². The third-order valence-electron chi connectivity index (χ3n) is 6.42. The van der Waals surface area contributed by atoms with Crippen molar-refractivity contribution in [3.05, 3.63) is 48.0 Å². The summed E-state index contributed by atoms with van der Waals surface area (Å²) >= 11 is 0. The summed E-state index contributed by atoms with van der Waals surface area (Å²) in [5.41, 5.74) is 1.14. The van der Waals surface area contributed by atoms with Gasteiger partial charge in [-0.05, 0) is 31.2 Å². The number of hydrogen-bond acceptors (Lipinski definition) is 5. The highest BCUT2D eigenvalue weighted by atomic mass is 19.1. The highest BCUT2D eigenvalue weighted by Crippen LogP contribution is 2.32. The third-order valence-corrected chi connectivity index (χ3v) is 6.42. The van der Waals surface area contributed by atoms with E-state index in [-0.39, 0.29) is 23.8 Å². The molecule has 5 nitrogen and oxygen atoms in total. The smallest absolute Gasteiger partial charge is 0.150 e. The lowest BCUT2D eigenvalue weighted by Crippen LogP contribution is -2.38. The fourth-order valence-corrected chi connectivity index (χ4v) is 4.66. The maximum Gasteiger partial charge on any atom is 0.150 e. The molecule has 7 heteroatoms. The van der Waals surface area contributed by atoms with Gasteiger partial charge >= 0.3 is 0 Å². The monoisotopic (exact) mass is 446 g/mol. The van der Waals surface area contributed by atoms with Crippen molar-refractivity contribution in [3.8, 4) is 11.5 Å². The van der Waals surface area contributed by atoms with E-state index in [1.54, 1.807) is 25.3 Å². The fraction of sp³-hybridized carbons (Fsp3) is 0.520. The van der Waals surface area contributed by atoms with Crippen molar-refractivity contribution < 1.29 is 23.0 Å². The van der Waals surface area contributed by atoms with Gasteiger partial charge in [0.15, 0.2) is 0 Å². The van der Waals surface area contributed by atoms with Crippen LogP contribution in [0.15, 0.2) is 36.4 Å². The Morgan fingerprint density at radius 3 is 2.31 bits per heavy atom. The zero-order chi connectivity index (χ0) is 22.7. The van der Waals surface area contributed by atoms with E-state index < -0.39 is 0 Å². The molecule has 0 spiro atoms. The van der Waals surface area contributed by atoms with Crippen LogP contribution >= 0.6 is 0 Å². The van der Waals surface area contributed by atoms with Crippen LogP contribution in [0.5, 0.6) is 11.5 Å². The topological polar surface area (TPSA) is 34.2 Å². The summed E-state index contributed by atoms with van der Waals surface area (Å²) in [6, 6.07) is 9.94. The van der Waals surface area contributed by atoms with Crippen molar-refractivity contribution in [1.29, 1.82) is 0 Å². The molecule has 0 saturated carbocycles. The van der Waals surface area contributed by atoms with Gasteiger partial charge in [-0.1, -0.05) is 6.92 Å². The number of benzene rings is 2. The summed E-state index contributed by atoms with van der Waals surface area (Å²) in [4.78, 5) is 4.05. The van der Waals surface area contributed by atoms with Crippen molar-refractivity contribution in [3.63, 3.8) is 0 Å². The zero-order valence-electron chi connectivity index (χ0n) is 19.0. The average Bonchev–Trinajstić information content (AvgIpc) is 3.16. The van der Waals surface area contributed by atoms with E-state index in [0.29, 0.717) is 55.0 Å². The van der Waals surface area contributed by atoms with E-state index in [4.69, 9.17) is 14.2 Å². The van der Waals surface area contributed by atoms with Gasteiger partial charge in [0.25, 0.3) is 0 Å². The molecule has 2 aliphatic rings. The number of nitrogens with zero attached hydrogens (tertiary/aromatic N) is 2. The van der Waals surface area contributed by atoms with E-state index in [2.05, 4.69) is 6.92 Å². The summed E-state index contributed by atoms with van der Waals surface area (Å²) in [7, 11) is 1.70. The average molecular weight is 447 g/mol. The predicted octanol–water partition coefficient (Wildman–Crippen LogP) is 4.88. The number of piperidine rings is 1. The molecule has 0 aromatic heterocycles. The normalized spacial score (nSPS) is 21.8. The first-order valence-corrected chi connectivity index (χ1v) is 11.4. The molecule has 2 aliphatic heterocycles. The molecule has 174 valence electrons. The van der Waals surface area contributed by atoms with Crippen molar-refractivity contribution in [1.82, 2.24) is 0 Å². The van der Waals surface area contributed by atoms with E-state index in [1.807, 2.05) is 22.8 Å². The molecule has 4 rings (SSSR count). The summed E-state index contributed by atoms with van der Waals surface area (Å²) in [6.45, 7) is 7.37. The van der Waals surface area contributed by atoms with E-state index in [9.17, 15) is 8.78 Å². The van der Waals surface area contributed by atoms with E-state index in [1.165, 1.54) is 12.1 Å². The van der Waals surface area contributed by atoms with E-state index >= 15 is 0 Å². The summed E-state index contributed by atoms with van der Waals surface area (Å²) < 4.78 is 46.2. The molecule has 0 bridgehead atoms. The summed E-state index contributed by atoms with van der Waals surface area (Å²) in [6.07, 6.45) is 1.57. The molecule has 2 atom stereocenters. The lowest BCUT2D eigenvalue weighted by Gasteiger charge is -2.34. The van der Waals surface area contributed by atoms with Crippen LogP contribution in [-0.4, -0.2) is 52.1 Å². The predicted molar refractivity (Wildman–Crippen MR) is 122 cm³/mol. The Balaban J connectivity index is 1.35. The Labute approximate surface area is 188 Å². The van der Waals surface area contributed by atoms with Gasteiger partial charge in [0.2, 0.25) is 0 Å². The molecule has 32 heavy (non-hydrogen) atoms. The van der Waals surface area contributed by atoms with Crippen LogP contribution in [0.2, 0.25) is 0 Å². The van der Waals surface area contributed by atoms with Gasteiger partial charge in [-0.3, -0.25) is 0 Å². The second kappa shape index (κ2) is 9.94. The largest absolute Gasteiger partial charge is 0.494 e. The molecular weight excluding hydrogens is 414 g/mol. The van der Waals surface area contributed by atoms with Crippen molar-refractivity contribution in [2.24, 2.45) is 5.92 Å². The number of rotatable bonds is 7. The second-order valence-electron chi connectivity index (χ2n) is 8.62. The molecule has 2 aromatic rings. The van der Waals surface area contributed by atoms with Gasteiger partial charge in [-0.2, -0.15) is 0 Å². The number of ether oxygens (including phenoxy) is 3. The Kier molecular flexibility index (Phi) is 7.04. The highest BCUT2D eigenvalue weighted by molar-refractivity contribution is 5.53. The first kappa shape index (κ1) is 22.6. The second-order valence-corrected chi connectivity index (χ2v) is 8.62. The molecule has 0 aliphatic carbocycles. The zero-order valence-corrected chi connectivity index (χ0v) is 19.0. The van der Waals surface area contributed by atoms with Crippen LogP contribution < -0.4 is 19.3 Å². The van der Waals surface area contributed by atoms with Gasteiger partial charge in [0.05, 0.1) is 24.1 Å². The quantitative estimate of drug-likeness (QED) is 0.606. The summed E-state index contributed by atoms with van der Waals surface area (Å²) in [5.74, 6) is 1.03.